The van der Waals surface area contributed by atoms with Crippen LogP contribution in [-0.2, 0) is 14.3 Å². The van der Waals surface area contributed by atoms with Gasteiger partial charge < -0.3 is 19.7 Å². The Morgan fingerprint density at radius 2 is 2.04 bits per heavy atom. The van der Waals surface area contributed by atoms with E-state index in [1.54, 1.807) is 20.8 Å². The van der Waals surface area contributed by atoms with E-state index in [9.17, 15) is 18.8 Å². The van der Waals surface area contributed by atoms with E-state index in [1.165, 1.54) is 4.90 Å². The van der Waals surface area contributed by atoms with Crippen molar-refractivity contribution in [2.45, 2.75) is 52.2 Å². The predicted molar refractivity (Wildman–Crippen MR) is 102 cm³/mol. The average molecular weight is 415 g/mol. The SMILES string of the molecule is CCOC(=O)C1CCCCN1C(=O)Nc1cc(C(=O)OC(C)C)c(Cl)cc1F. The van der Waals surface area contributed by atoms with Gasteiger partial charge >= 0.3 is 18.0 Å². The molecular weight excluding hydrogens is 391 g/mol. The van der Waals surface area contributed by atoms with Crippen LogP contribution in [0.5, 0.6) is 0 Å². The zero-order chi connectivity index (χ0) is 20.8. The number of likely N-dealkylation sites (tertiary alicyclic amines) is 1. The first kappa shape index (κ1) is 21.9. The van der Waals surface area contributed by atoms with Crippen LogP contribution in [0.25, 0.3) is 0 Å². The molecule has 1 saturated heterocycles. The molecule has 28 heavy (non-hydrogen) atoms. The molecule has 2 rings (SSSR count). The zero-order valence-corrected chi connectivity index (χ0v) is 16.8. The number of esters is 2. The summed E-state index contributed by atoms with van der Waals surface area (Å²) in [4.78, 5) is 38.2. The molecule has 1 atom stereocenters. The van der Waals surface area contributed by atoms with Gasteiger partial charge in [0, 0.05) is 6.54 Å². The van der Waals surface area contributed by atoms with Gasteiger partial charge in [0.1, 0.15) is 11.9 Å². The molecule has 0 saturated carbocycles. The number of carbonyl (C=O) groups is 3. The summed E-state index contributed by atoms with van der Waals surface area (Å²) in [6.45, 7) is 5.57. The van der Waals surface area contributed by atoms with Gasteiger partial charge in [-0.3, -0.25) is 0 Å². The van der Waals surface area contributed by atoms with Crippen LogP contribution in [0, 0.1) is 5.82 Å². The van der Waals surface area contributed by atoms with Crippen LogP contribution < -0.4 is 5.32 Å². The second-order valence-electron chi connectivity index (χ2n) is 6.65. The zero-order valence-electron chi connectivity index (χ0n) is 16.1. The van der Waals surface area contributed by atoms with Crippen LogP contribution in [0.3, 0.4) is 0 Å². The van der Waals surface area contributed by atoms with E-state index < -0.39 is 29.8 Å². The van der Waals surface area contributed by atoms with Gasteiger partial charge in [0.05, 0.1) is 29.0 Å². The Morgan fingerprint density at radius 3 is 2.68 bits per heavy atom. The van der Waals surface area contributed by atoms with Gasteiger partial charge in [0.2, 0.25) is 0 Å². The Labute approximate surface area is 168 Å². The standard InChI is InChI=1S/C19H24ClFN2O5/c1-4-27-18(25)16-7-5-6-8-23(16)19(26)22-15-9-12(13(20)10-14(15)21)17(24)28-11(2)3/h9-11,16H,4-8H2,1-3H3,(H,22,26). The molecule has 1 aliphatic heterocycles. The summed E-state index contributed by atoms with van der Waals surface area (Å²) in [5, 5.41) is 2.30. The fourth-order valence-electron chi connectivity index (χ4n) is 2.92. The summed E-state index contributed by atoms with van der Waals surface area (Å²) in [5.74, 6) is -2.02. The number of halogens is 2. The Hall–Kier alpha value is -2.35. The molecule has 7 nitrogen and oxygen atoms in total. The van der Waals surface area contributed by atoms with Gasteiger partial charge in [-0.2, -0.15) is 0 Å². The Bertz CT molecular complexity index is 756. The number of nitrogens with zero attached hydrogens (tertiary/aromatic N) is 1. The van der Waals surface area contributed by atoms with Gasteiger partial charge in [0.25, 0.3) is 0 Å². The van der Waals surface area contributed by atoms with Crippen molar-refractivity contribution >= 4 is 35.3 Å². The highest BCUT2D eigenvalue weighted by molar-refractivity contribution is 6.33. The number of carbonyl (C=O) groups excluding carboxylic acids is 3. The quantitative estimate of drug-likeness (QED) is 0.736. The van der Waals surface area contributed by atoms with Crippen LogP contribution in [0.15, 0.2) is 12.1 Å². The third-order valence-electron chi connectivity index (χ3n) is 4.18. The topological polar surface area (TPSA) is 84.9 Å². The molecule has 1 aromatic carbocycles. The number of anilines is 1. The van der Waals surface area contributed by atoms with Crippen LogP contribution in [-0.4, -0.2) is 48.2 Å². The maximum absolute atomic E-state index is 14.3. The third kappa shape index (κ3) is 5.34. The maximum Gasteiger partial charge on any atom is 0.339 e. The summed E-state index contributed by atoms with van der Waals surface area (Å²) in [6.07, 6.45) is 1.60. The van der Waals surface area contributed by atoms with Crippen molar-refractivity contribution in [3.8, 4) is 0 Å². The number of rotatable bonds is 5. The number of amides is 2. The Kier molecular flexibility index (Phi) is 7.62. The summed E-state index contributed by atoms with van der Waals surface area (Å²) in [6, 6.07) is 0.688. The molecule has 1 unspecified atom stereocenters. The number of hydrogen-bond donors (Lipinski definition) is 1. The van der Waals surface area contributed by atoms with Crippen LogP contribution in [0.4, 0.5) is 14.9 Å². The highest BCUT2D eigenvalue weighted by Crippen LogP contribution is 2.27. The second-order valence-corrected chi connectivity index (χ2v) is 7.06. The van der Waals surface area contributed by atoms with E-state index in [0.717, 1.165) is 25.0 Å². The molecule has 1 N–H and O–H groups in total. The summed E-state index contributed by atoms with van der Waals surface area (Å²) >= 11 is 5.94. The molecule has 0 spiro atoms. The fraction of sp³-hybridized carbons (Fsp3) is 0.526. The van der Waals surface area contributed by atoms with Crippen molar-refractivity contribution in [1.29, 1.82) is 0 Å². The predicted octanol–water partition coefficient (Wildman–Crippen LogP) is 3.99. The minimum absolute atomic E-state index is 0.0624. The number of nitrogens with one attached hydrogen (secondary N) is 1. The first-order valence-electron chi connectivity index (χ1n) is 9.18. The Morgan fingerprint density at radius 1 is 1.32 bits per heavy atom. The second kappa shape index (κ2) is 9.73. The largest absolute Gasteiger partial charge is 0.464 e. The molecule has 1 heterocycles. The van der Waals surface area contributed by atoms with Crippen molar-refractivity contribution in [3.05, 3.63) is 28.5 Å². The first-order chi connectivity index (χ1) is 13.2. The lowest BCUT2D eigenvalue weighted by atomic mass is 10.0. The summed E-state index contributed by atoms with van der Waals surface area (Å²) in [5.41, 5.74) is -0.286. The number of urea groups is 1. The van der Waals surface area contributed by atoms with E-state index in [1.807, 2.05) is 0 Å². The van der Waals surface area contributed by atoms with Crippen molar-refractivity contribution in [3.63, 3.8) is 0 Å². The molecule has 2 amide bonds. The maximum atomic E-state index is 14.3. The van der Waals surface area contributed by atoms with Crippen LogP contribution in [0.2, 0.25) is 5.02 Å². The third-order valence-corrected chi connectivity index (χ3v) is 4.50. The smallest absolute Gasteiger partial charge is 0.339 e. The molecule has 0 radical (unpaired) electrons. The lowest BCUT2D eigenvalue weighted by Gasteiger charge is -2.34. The first-order valence-corrected chi connectivity index (χ1v) is 9.56. The molecule has 1 fully saturated rings. The summed E-state index contributed by atoms with van der Waals surface area (Å²) in [7, 11) is 0. The molecular formula is C19H24ClFN2O5. The van der Waals surface area contributed by atoms with Crippen molar-refractivity contribution < 1.29 is 28.2 Å². The summed E-state index contributed by atoms with van der Waals surface area (Å²) < 4.78 is 24.4. The van der Waals surface area contributed by atoms with Gasteiger partial charge in [0.15, 0.2) is 0 Å². The highest BCUT2D eigenvalue weighted by Gasteiger charge is 2.33. The molecule has 154 valence electrons. The number of piperidine rings is 1. The lowest BCUT2D eigenvalue weighted by Crippen LogP contribution is -2.50. The van der Waals surface area contributed by atoms with Crippen LogP contribution in [0.1, 0.15) is 50.4 Å². The van der Waals surface area contributed by atoms with E-state index in [-0.39, 0.29) is 29.0 Å². The normalized spacial score (nSPS) is 16.6. The molecule has 0 aromatic heterocycles. The monoisotopic (exact) mass is 414 g/mol. The molecule has 9 heteroatoms. The van der Waals surface area contributed by atoms with E-state index in [4.69, 9.17) is 21.1 Å². The molecule has 0 bridgehead atoms. The van der Waals surface area contributed by atoms with Crippen molar-refractivity contribution in [2.24, 2.45) is 0 Å². The molecule has 0 aliphatic carbocycles. The van der Waals surface area contributed by atoms with Crippen LogP contribution >= 0.6 is 11.6 Å². The van der Waals surface area contributed by atoms with Crippen molar-refractivity contribution in [2.75, 3.05) is 18.5 Å². The molecule has 1 aromatic rings. The van der Waals surface area contributed by atoms with E-state index in [2.05, 4.69) is 5.32 Å². The van der Waals surface area contributed by atoms with Gasteiger partial charge in [-0.05, 0) is 52.2 Å². The average Bonchev–Trinajstić information content (AvgIpc) is 2.63. The van der Waals surface area contributed by atoms with Gasteiger partial charge in [-0.1, -0.05) is 11.6 Å². The van der Waals surface area contributed by atoms with Crippen molar-refractivity contribution in [1.82, 2.24) is 4.90 Å². The number of ether oxygens (including phenoxy) is 2. The van der Waals surface area contributed by atoms with E-state index in [0.29, 0.717) is 13.0 Å². The number of benzene rings is 1. The van der Waals surface area contributed by atoms with Gasteiger partial charge in [-0.15, -0.1) is 0 Å². The number of hydrogen-bond acceptors (Lipinski definition) is 5. The molecule has 1 aliphatic rings. The Balaban J connectivity index is 2.22. The minimum atomic E-state index is -0.802. The van der Waals surface area contributed by atoms with Gasteiger partial charge in [-0.25, -0.2) is 18.8 Å². The fourth-order valence-corrected chi connectivity index (χ4v) is 3.15. The van der Waals surface area contributed by atoms with E-state index >= 15 is 0 Å². The minimum Gasteiger partial charge on any atom is -0.464 e. The lowest BCUT2D eigenvalue weighted by molar-refractivity contribution is -0.149. The highest BCUT2D eigenvalue weighted by atomic mass is 35.5.